The van der Waals surface area contributed by atoms with Crippen molar-refractivity contribution in [3.63, 3.8) is 0 Å². The van der Waals surface area contributed by atoms with Crippen molar-refractivity contribution in [2.75, 3.05) is 11.4 Å². The van der Waals surface area contributed by atoms with Crippen molar-refractivity contribution < 1.29 is 13.9 Å². The van der Waals surface area contributed by atoms with Crippen molar-refractivity contribution in [1.29, 1.82) is 0 Å². The first-order valence-electron chi connectivity index (χ1n) is 10.5. The minimum absolute atomic E-state index is 0.327. The Morgan fingerprint density at radius 1 is 0.862 bits per heavy atom. The van der Waals surface area contributed by atoms with Gasteiger partial charge in [-0.15, -0.1) is 0 Å². The van der Waals surface area contributed by atoms with E-state index >= 15 is 0 Å². The monoisotopic (exact) mass is 389 g/mol. The van der Waals surface area contributed by atoms with Gasteiger partial charge in [0.25, 0.3) is 0 Å². The van der Waals surface area contributed by atoms with Crippen LogP contribution in [0.3, 0.4) is 0 Å². The summed E-state index contributed by atoms with van der Waals surface area (Å²) in [4.78, 5) is 13.3. The van der Waals surface area contributed by atoms with Crippen LogP contribution in [0, 0.1) is 0 Å². The number of rotatable bonds is 9. The Morgan fingerprint density at radius 3 is 2.48 bits per heavy atom. The highest BCUT2D eigenvalue weighted by atomic mass is 16.5. The van der Waals surface area contributed by atoms with Crippen LogP contribution in [-0.2, 0) is 0 Å². The molecule has 4 heteroatoms. The highest BCUT2D eigenvalue weighted by Gasteiger charge is 2.24. The number of carbonyl (C=O) groups excluding carboxylic acids is 1. The standard InChI is InChI=1S/C25H27NO3/c1-2-3-4-5-6-9-16-26-21-10-7-8-11-24(21)29-25-17-19(12-14-22(25)26)23-15-13-20(18-27)28-23/h7-8,10-15,17-18H,2-6,9,16H2,1H3. The Hall–Kier alpha value is -3.01. The van der Waals surface area contributed by atoms with E-state index in [9.17, 15) is 4.79 Å². The predicted octanol–water partition coefficient (Wildman–Crippen LogP) is 7.36. The van der Waals surface area contributed by atoms with Crippen molar-refractivity contribution in [1.82, 2.24) is 0 Å². The second-order valence-electron chi connectivity index (χ2n) is 7.49. The van der Waals surface area contributed by atoms with E-state index in [0.29, 0.717) is 11.5 Å². The first-order valence-corrected chi connectivity index (χ1v) is 10.5. The molecule has 2 aromatic carbocycles. The van der Waals surface area contributed by atoms with E-state index in [1.54, 1.807) is 6.07 Å². The van der Waals surface area contributed by atoms with Crippen LogP contribution >= 0.6 is 0 Å². The molecule has 0 unspecified atom stereocenters. The number of hydrogen-bond acceptors (Lipinski definition) is 4. The molecular formula is C25H27NO3. The molecular weight excluding hydrogens is 362 g/mol. The topological polar surface area (TPSA) is 42.7 Å². The molecule has 1 aliphatic heterocycles. The lowest BCUT2D eigenvalue weighted by Gasteiger charge is -2.33. The van der Waals surface area contributed by atoms with E-state index in [4.69, 9.17) is 9.15 Å². The number of anilines is 2. The number of hydrogen-bond donors (Lipinski definition) is 0. The summed E-state index contributed by atoms with van der Waals surface area (Å²) < 4.78 is 11.8. The zero-order valence-electron chi connectivity index (χ0n) is 16.9. The van der Waals surface area contributed by atoms with Crippen LogP contribution < -0.4 is 9.64 Å². The Balaban J connectivity index is 1.57. The van der Waals surface area contributed by atoms with E-state index in [1.807, 2.05) is 30.3 Å². The third-order valence-electron chi connectivity index (χ3n) is 5.39. The molecule has 0 spiro atoms. The maximum atomic E-state index is 10.9. The van der Waals surface area contributed by atoms with Crippen LogP contribution in [0.2, 0.25) is 0 Å². The van der Waals surface area contributed by atoms with Gasteiger partial charge in [-0.25, -0.2) is 0 Å². The summed E-state index contributed by atoms with van der Waals surface area (Å²) in [6.45, 7) is 3.22. The number of carbonyl (C=O) groups is 1. The molecule has 0 saturated carbocycles. The highest BCUT2D eigenvalue weighted by molar-refractivity contribution is 5.81. The summed E-state index contributed by atoms with van der Waals surface area (Å²) in [5, 5.41) is 0. The fraction of sp³-hybridized carbons (Fsp3) is 0.320. The zero-order valence-corrected chi connectivity index (χ0v) is 16.9. The number of furan rings is 1. The summed E-state index contributed by atoms with van der Waals surface area (Å²) in [5.74, 6) is 2.68. The molecule has 0 saturated heterocycles. The highest BCUT2D eigenvalue weighted by Crippen LogP contribution is 2.47. The minimum atomic E-state index is 0.327. The SMILES string of the molecule is CCCCCCCCN1c2ccccc2Oc2cc(-c3ccc(C=O)o3)ccc21. The summed E-state index contributed by atoms with van der Waals surface area (Å²) in [6.07, 6.45) is 8.33. The second-order valence-corrected chi connectivity index (χ2v) is 7.49. The molecule has 0 bridgehead atoms. The fourth-order valence-corrected chi connectivity index (χ4v) is 3.85. The quantitative estimate of drug-likeness (QED) is 0.283. The van der Waals surface area contributed by atoms with Crippen LogP contribution in [0.15, 0.2) is 59.0 Å². The van der Waals surface area contributed by atoms with Crippen molar-refractivity contribution >= 4 is 17.7 Å². The molecule has 0 aliphatic carbocycles. The fourth-order valence-electron chi connectivity index (χ4n) is 3.85. The Morgan fingerprint density at radius 2 is 1.66 bits per heavy atom. The second kappa shape index (κ2) is 8.99. The third kappa shape index (κ3) is 4.21. The Labute approximate surface area is 172 Å². The van der Waals surface area contributed by atoms with Gasteiger partial charge >= 0.3 is 0 Å². The van der Waals surface area contributed by atoms with E-state index in [2.05, 4.69) is 30.0 Å². The predicted molar refractivity (Wildman–Crippen MR) is 116 cm³/mol. The summed E-state index contributed by atoms with van der Waals surface area (Å²) in [7, 11) is 0. The van der Waals surface area contributed by atoms with Crippen LogP contribution in [0.25, 0.3) is 11.3 Å². The van der Waals surface area contributed by atoms with Gasteiger partial charge in [-0.3, -0.25) is 4.79 Å². The molecule has 4 rings (SSSR count). The lowest BCUT2D eigenvalue weighted by atomic mass is 10.1. The van der Waals surface area contributed by atoms with Crippen molar-refractivity contribution in [2.24, 2.45) is 0 Å². The third-order valence-corrected chi connectivity index (χ3v) is 5.39. The van der Waals surface area contributed by atoms with Gasteiger partial charge in [0.05, 0.1) is 11.4 Å². The van der Waals surface area contributed by atoms with Crippen LogP contribution in [0.1, 0.15) is 56.0 Å². The Kier molecular flexibility index (Phi) is 5.99. The number of fused-ring (bicyclic) bond motifs is 2. The van der Waals surface area contributed by atoms with Crippen molar-refractivity contribution in [2.45, 2.75) is 45.4 Å². The number of unbranched alkanes of at least 4 members (excludes halogenated alkanes) is 5. The number of nitrogens with zero attached hydrogens (tertiary/aromatic N) is 1. The van der Waals surface area contributed by atoms with Gasteiger partial charge in [-0.1, -0.05) is 51.2 Å². The molecule has 29 heavy (non-hydrogen) atoms. The van der Waals surface area contributed by atoms with E-state index < -0.39 is 0 Å². The zero-order chi connectivity index (χ0) is 20.1. The molecule has 0 fully saturated rings. The summed E-state index contributed by atoms with van der Waals surface area (Å²) in [5.41, 5.74) is 3.08. The lowest BCUT2D eigenvalue weighted by Crippen LogP contribution is -2.22. The van der Waals surface area contributed by atoms with E-state index in [1.165, 1.54) is 32.1 Å². The number of para-hydroxylation sites is 2. The summed E-state index contributed by atoms with van der Waals surface area (Å²) in [6, 6.07) is 17.8. The first-order chi connectivity index (χ1) is 14.3. The lowest BCUT2D eigenvalue weighted by molar-refractivity contribution is 0.110. The molecule has 2 heterocycles. The van der Waals surface area contributed by atoms with Crippen molar-refractivity contribution in [3.05, 3.63) is 60.4 Å². The van der Waals surface area contributed by atoms with Crippen LogP contribution in [0.5, 0.6) is 11.5 Å². The average molecular weight is 389 g/mol. The normalized spacial score (nSPS) is 12.2. The van der Waals surface area contributed by atoms with Crippen LogP contribution in [-0.4, -0.2) is 12.8 Å². The molecule has 3 aromatic rings. The maximum Gasteiger partial charge on any atom is 0.185 e. The minimum Gasteiger partial charge on any atom is -0.453 e. The summed E-state index contributed by atoms with van der Waals surface area (Å²) >= 11 is 0. The van der Waals surface area contributed by atoms with Crippen molar-refractivity contribution in [3.8, 4) is 22.8 Å². The molecule has 0 atom stereocenters. The van der Waals surface area contributed by atoms with Gasteiger partial charge in [-0.05, 0) is 48.9 Å². The maximum absolute atomic E-state index is 10.9. The number of benzene rings is 2. The van der Waals surface area contributed by atoms with E-state index in [-0.39, 0.29) is 0 Å². The average Bonchev–Trinajstić information content (AvgIpc) is 3.24. The van der Waals surface area contributed by atoms with E-state index in [0.717, 1.165) is 47.7 Å². The molecule has 0 N–H and O–H groups in total. The molecule has 1 aromatic heterocycles. The molecule has 0 radical (unpaired) electrons. The number of aldehydes is 1. The molecule has 150 valence electrons. The largest absolute Gasteiger partial charge is 0.453 e. The Bertz CT molecular complexity index is 976. The van der Waals surface area contributed by atoms with Crippen LogP contribution in [0.4, 0.5) is 11.4 Å². The van der Waals surface area contributed by atoms with Gasteiger partial charge in [0.1, 0.15) is 5.76 Å². The van der Waals surface area contributed by atoms with Gasteiger partial charge in [0.15, 0.2) is 23.5 Å². The smallest absolute Gasteiger partial charge is 0.185 e. The molecule has 0 amide bonds. The van der Waals surface area contributed by atoms with Gasteiger partial charge in [-0.2, -0.15) is 0 Å². The molecule has 1 aliphatic rings. The van der Waals surface area contributed by atoms with Gasteiger partial charge in [0, 0.05) is 12.1 Å². The molecule has 4 nitrogen and oxygen atoms in total. The first kappa shape index (κ1) is 19.3. The van der Waals surface area contributed by atoms with Gasteiger partial charge < -0.3 is 14.1 Å². The number of ether oxygens (including phenoxy) is 1. The van der Waals surface area contributed by atoms with Gasteiger partial charge in [0.2, 0.25) is 0 Å².